The van der Waals surface area contributed by atoms with Gasteiger partial charge in [-0.1, -0.05) is 11.6 Å². The molecule has 0 atom stereocenters. The molecule has 1 aromatic carbocycles. The maximum absolute atomic E-state index is 11.5. The number of carboxylic acid groups (broad SMARTS) is 1. The van der Waals surface area contributed by atoms with Gasteiger partial charge in [0.25, 0.3) is 0 Å². The first kappa shape index (κ1) is 14.3. The van der Waals surface area contributed by atoms with Gasteiger partial charge in [-0.25, -0.2) is 9.59 Å². The van der Waals surface area contributed by atoms with Crippen LogP contribution in [0.3, 0.4) is 0 Å². The fourth-order valence-electron chi connectivity index (χ4n) is 1.22. The van der Waals surface area contributed by atoms with Crippen LogP contribution in [0, 0.1) is 0 Å². The van der Waals surface area contributed by atoms with Crippen LogP contribution in [0.25, 0.3) is 0 Å². The second-order valence-corrected chi connectivity index (χ2v) is 5.06. The Morgan fingerprint density at radius 2 is 1.94 bits per heavy atom. The molecule has 0 fully saturated rings. The predicted molar refractivity (Wildman–Crippen MR) is 68.3 cm³/mol. The van der Waals surface area contributed by atoms with Gasteiger partial charge in [0.05, 0.1) is 11.3 Å². The third kappa shape index (κ3) is 4.25. The van der Waals surface area contributed by atoms with Crippen LogP contribution in [0.4, 0.5) is 10.5 Å². The zero-order valence-electron chi connectivity index (χ0n) is 10.3. The van der Waals surface area contributed by atoms with Crippen molar-refractivity contribution in [3.63, 3.8) is 0 Å². The van der Waals surface area contributed by atoms with Gasteiger partial charge in [-0.05, 0) is 39.0 Å². The number of ether oxygens (including phenoxy) is 1. The summed E-state index contributed by atoms with van der Waals surface area (Å²) in [5.74, 6) is -1.18. The first-order chi connectivity index (χ1) is 8.19. The average molecular weight is 272 g/mol. The summed E-state index contributed by atoms with van der Waals surface area (Å²) in [4.78, 5) is 22.5. The molecule has 1 rings (SSSR count). The number of aromatic carboxylic acids is 1. The number of carbonyl (C=O) groups is 2. The number of benzene rings is 1. The summed E-state index contributed by atoms with van der Waals surface area (Å²) in [6.45, 7) is 5.14. The van der Waals surface area contributed by atoms with Crippen molar-refractivity contribution in [1.29, 1.82) is 0 Å². The van der Waals surface area contributed by atoms with E-state index in [2.05, 4.69) is 5.32 Å². The number of hydrogen-bond acceptors (Lipinski definition) is 3. The highest BCUT2D eigenvalue weighted by Gasteiger charge is 2.18. The minimum atomic E-state index is -1.18. The highest BCUT2D eigenvalue weighted by Crippen LogP contribution is 2.21. The van der Waals surface area contributed by atoms with E-state index in [9.17, 15) is 9.59 Å². The fraction of sp³-hybridized carbons (Fsp3) is 0.333. The van der Waals surface area contributed by atoms with Crippen LogP contribution in [-0.2, 0) is 4.74 Å². The molecule has 0 spiro atoms. The quantitative estimate of drug-likeness (QED) is 0.864. The SMILES string of the molecule is CC(C)(C)OC(=O)Nc1ccc(Cl)cc1C(=O)O. The molecule has 0 radical (unpaired) electrons. The minimum Gasteiger partial charge on any atom is -0.478 e. The Labute approximate surface area is 110 Å². The van der Waals surface area contributed by atoms with Crippen molar-refractivity contribution < 1.29 is 19.4 Å². The van der Waals surface area contributed by atoms with Crippen molar-refractivity contribution in [1.82, 2.24) is 0 Å². The smallest absolute Gasteiger partial charge is 0.412 e. The summed E-state index contributed by atoms with van der Waals surface area (Å²) >= 11 is 5.70. The maximum atomic E-state index is 11.5. The normalized spacial score (nSPS) is 10.9. The molecule has 0 aliphatic heterocycles. The number of carbonyl (C=O) groups excluding carboxylic acids is 1. The van der Waals surface area contributed by atoms with Gasteiger partial charge >= 0.3 is 12.1 Å². The van der Waals surface area contributed by atoms with Crippen molar-refractivity contribution in [2.45, 2.75) is 26.4 Å². The second-order valence-electron chi connectivity index (χ2n) is 4.62. The molecule has 0 saturated carbocycles. The molecule has 98 valence electrons. The monoisotopic (exact) mass is 271 g/mol. The number of anilines is 1. The van der Waals surface area contributed by atoms with E-state index in [1.54, 1.807) is 20.8 Å². The zero-order chi connectivity index (χ0) is 13.9. The molecule has 18 heavy (non-hydrogen) atoms. The molecule has 2 N–H and O–H groups in total. The summed E-state index contributed by atoms with van der Waals surface area (Å²) in [6.07, 6.45) is -0.715. The van der Waals surface area contributed by atoms with Gasteiger partial charge in [0.1, 0.15) is 5.60 Å². The van der Waals surface area contributed by atoms with Crippen molar-refractivity contribution >= 4 is 29.4 Å². The number of hydrogen-bond donors (Lipinski definition) is 2. The highest BCUT2D eigenvalue weighted by atomic mass is 35.5. The maximum Gasteiger partial charge on any atom is 0.412 e. The van der Waals surface area contributed by atoms with Crippen LogP contribution in [0.5, 0.6) is 0 Å². The van der Waals surface area contributed by atoms with E-state index in [0.717, 1.165) is 0 Å². The third-order valence-electron chi connectivity index (χ3n) is 1.85. The lowest BCUT2D eigenvalue weighted by Gasteiger charge is -2.20. The molecule has 6 heteroatoms. The first-order valence-electron chi connectivity index (χ1n) is 5.22. The van der Waals surface area contributed by atoms with Crippen LogP contribution >= 0.6 is 11.6 Å². The lowest BCUT2D eigenvalue weighted by molar-refractivity contribution is 0.0636. The van der Waals surface area contributed by atoms with Gasteiger partial charge < -0.3 is 9.84 Å². The molecule has 5 nitrogen and oxygen atoms in total. The van der Waals surface area contributed by atoms with Gasteiger partial charge in [-0.2, -0.15) is 0 Å². The molecule has 0 aliphatic rings. The molecule has 0 saturated heterocycles. The highest BCUT2D eigenvalue weighted by molar-refractivity contribution is 6.31. The number of carboxylic acids is 1. The van der Waals surface area contributed by atoms with Gasteiger partial charge in [-0.3, -0.25) is 5.32 Å². The lowest BCUT2D eigenvalue weighted by atomic mass is 10.2. The van der Waals surface area contributed by atoms with Crippen LogP contribution in [0.1, 0.15) is 31.1 Å². The average Bonchev–Trinajstić information content (AvgIpc) is 2.17. The molecule has 1 amide bonds. The molecule has 0 aromatic heterocycles. The molecule has 1 aromatic rings. The van der Waals surface area contributed by atoms with E-state index in [1.165, 1.54) is 18.2 Å². The van der Waals surface area contributed by atoms with E-state index in [-0.39, 0.29) is 16.3 Å². The van der Waals surface area contributed by atoms with E-state index < -0.39 is 17.7 Å². The minimum absolute atomic E-state index is 0.0895. The van der Waals surface area contributed by atoms with Crippen LogP contribution in [-0.4, -0.2) is 22.8 Å². The van der Waals surface area contributed by atoms with Gasteiger partial charge in [-0.15, -0.1) is 0 Å². The number of nitrogens with one attached hydrogen (secondary N) is 1. The Kier molecular flexibility index (Phi) is 4.19. The van der Waals surface area contributed by atoms with E-state index in [0.29, 0.717) is 0 Å². The zero-order valence-corrected chi connectivity index (χ0v) is 11.0. The number of halogens is 1. The molecular weight excluding hydrogens is 258 g/mol. The number of rotatable bonds is 2. The Hall–Kier alpha value is -1.75. The predicted octanol–water partition coefficient (Wildman–Crippen LogP) is 3.39. The summed E-state index contributed by atoms with van der Waals surface area (Å²) < 4.78 is 5.03. The van der Waals surface area contributed by atoms with Crippen LogP contribution in [0.2, 0.25) is 5.02 Å². The molecular formula is C12H14ClNO4. The number of amides is 1. The van der Waals surface area contributed by atoms with Crippen molar-refractivity contribution in [2.24, 2.45) is 0 Å². The molecule has 0 heterocycles. The van der Waals surface area contributed by atoms with E-state index >= 15 is 0 Å². The second kappa shape index (κ2) is 5.27. The first-order valence-corrected chi connectivity index (χ1v) is 5.60. The summed E-state index contributed by atoms with van der Waals surface area (Å²) in [7, 11) is 0. The summed E-state index contributed by atoms with van der Waals surface area (Å²) in [5, 5.41) is 11.6. The Morgan fingerprint density at radius 1 is 1.33 bits per heavy atom. The molecule has 0 bridgehead atoms. The molecule has 0 unspecified atom stereocenters. The molecule has 0 aliphatic carbocycles. The topological polar surface area (TPSA) is 75.6 Å². The van der Waals surface area contributed by atoms with Gasteiger partial charge in [0.15, 0.2) is 0 Å². The standard InChI is InChI=1S/C12H14ClNO4/c1-12(2,3)18-11(17)14-9-5-4-7(13)6-8(9)10(15)16/h4-6H,1-3H3,(H,14,17)(H,15,16). The Balaban J connectivity index is 2.91. The van der Waals surface area contributed by atoms with Gasteiger partial charge in [0.2, 0.25) is 0 Å². The van der Waals surface area contributed by atoms with E-state index in [1.807, 2.05) is 0 Å². The van der Waals surface area contributed by atoms with Crippen LogP contribution in [0.15, 0.2) is 18.2 Å². The third-order valence-corrected chi connectivity index (χ3v) is 2.08. The van der Waals surface area contributed by atoms with Crippen LogP contribution < -0.4 is 5.32 Å². The Morgan fingerprint density at radius 3 is 2.44 bits per heavy atom. The fourth-order valence-corrected chi connectivity index (χ4v) is 1.39. The van der Waals surface area contributed by atoms with Crippen molar-refractivity contribution in [2.75, 3.05) is 5.32 Å². The lowest BCUT2D eigenvalue weighted by Crippen LogP contribution is -2.27. The van der Waals surface area contributed by atoms with Gasteiger partial charge in [0, 0.05) is 5.02 Å². The van der Waals surface area contributed by atoms with Crippen molar-refractivity contribution in [3.8, 4) is 0 Å². The van der Waals surface area contributed by atoms with E-state index in [4.69, 9.17) is 21.4 Å². The Bertz CT molecular complexity index is 479. The van der Waals surface area contributed by atoms with Crippen molar-refractivity contribution in [3.05, 3.63) is 28.8 Å². The summed E-state index contributed by atoms with van der Waals surface area (Å²) in [6, 6.07) is 4.16. The summed E-state index contributed by atoms with van der Waals surface area (Å²) in [5.41, 5.74) is -0.602. The largest absolute Gasteiger partial charge is 0.478 e.